The topological polar surface area (TPSA) is 46.3 Å². The second-order valence-corrected chi connectivity index (χ2v) is 5.20. The number of piperidine rings is 1. The predicted molar refractivity (Wildman–Crippen MR) is 73.2 cm³/mol. The lowest BCUT2D eigenvalue weighted by Crippen LogP contribution is -2.49. The quantitative estimate of drug-likeness (QED) is 0.910. The number of hydrogen-bond donors (Lipinski definition) is 1. The van der Waals surface area contributed by atoms with Gasteiger partial charge in [-0.2, -0.15) is 0 Å². The number of carbonyl (C=O) groups excluding carboxylic acids is 1. The van der Waals surface area contributed by atoms with E-state index in [9.17, 15) is 9.18 Å². The molecule has 0 saturated carbocycles. The summed E-state index contributed by atoms with van der Waals surface area (Å²) in [5, 5.41) is 0. The second-order valence-electron chi connectivity index (χ2n) is 5.20. The van der Waals surface area contributed by atoms with E-state index in [1.807, 2.05) is 17.9 Å². The van der Waals surface area contributed by atoms with Gasteiger partial charge in [-0.3, -0.25) is 4.79 Å². The van der Waals surface area contributed by atoms with Crippen molar-refractivity contribution in [1.29, 1.82) is 0 Å². The first-order valence-corrected chi connectivity index (χ1v) is 6.90. The van der Waals surface area contributed by atoms with Crippen LogP contribution in [0.3, 0.4) is 0 Å². The number of benzene rings is 1. The highest BCUT2D eigenvalue weighted by atomic mass is 19.1. The van der Waals surface area contributed by atoms with E-state index in [-0.39, 0.29) is 23.7 Å². The van der Waals surface area contributed by atoms with Gasteiger partial charge in [0.15, 0.2) is 0 Å². The molecule has 4 heteroatoms. The molecule has 2 N–H and O–H groups in total. The molecule has 1 aromatic carbocycles. The van der Waals surface area contributed by atoms with Crippen LogP contribution in [-0.2, 0) is 4.79 Å². The van der Waals surface area contributed by atoms with E-state index in [1.165, 1.54) is 6.07 Å². The Hall–Kier alpha value is -1.42. The first-order chi connectivity index (χ1) is 9.11. The average molecular weight is 264 g/mol. The Morgan fingerprint density at radius 1 is 1.53 bits per heavy atom. The molecule has 1 amide bonds. The van der Waals surface area contributed by atoms with E-state index in [0.717, 1.165) is 18.4 Å². The number of nitrogens with two attached hydrogens (primary N) is 1. The Kier molecular flexibility index (Phi) is 4.53. The minimum Gasteiger partial charge on any atom is -0.341 e. The van der Waals surface area contributed by atoms with Gasteiger partial charge in [0.2, 0.25) is 5.91 Å². The van der Waals surface area contributed by atoms with Crippen LogP contribution in [0.5, 0.6) is 0 Å². The minimum absolute atomic E-state index is 0.114. The highest BCUT2D eigenvalue weighted by Crippen LogP contribution is 2.28. The molecular formula is C15H21FN2O. The highest BCUT2D eigenvalue weighted by molar-refractivity contribution is 5.76. The Labute approximate surface area is 113 Å². The molecule has 1 saturated heterocycles. The molecule has 3 nitrogen and oxygen atoms in total. The molecular weight excluding hydrogens is 243 g/mol. The summed E-state index contributed by atoms with van der Waals surface area (Å²) in [5.74, 6) is 0.0891. The van der Waals surface area contributed by atoms with Crippen LogP contribution in [-0.4, -0.2) is 29.9 Å². The smallest absolute Gasteiger partial charge is 0.222 e. The summed E-state index contributed by atoms with van der Waals surface area (Å²) in [4.78, 5) is 13.7. The number of nitrogens with zero attached hydrogens (tertiary/aromatic N) is 1. The average Bonchev–Trinajstić information content (AvgIpc) is 2.38. The van der Waals surface area contributed by atoms with Crippen LogP contribution in [0.4, 0.5) is 4.39 Å². The maximum atomic E-state index is 13.2. The van der Waals surface area contributed by atoms with Crippen molar-refractivity contribution >= 4 is 5.91 Å². The van der Waals surface area contributed by atoms with Gasteiger partial charge in [-0.05, 0) is 30.5 Å². The molecule has 1 aromatic rings. The molecule has 0 radical (unpaired) electrons. The SMILES string of the molecule is CCCC(=O)N1CCC(c2cccc(F)c2)C(N)C1. The zero-order chi connectivity index (χ0) is 13.8. The summed E-state index contributed by atoms with van der Waals surface area (Å²) in [6.07, 6.45) is 2.25. The molecule has 1 aliphatic heterocycles. The largest absolute Gasteiger partial charge is 0.341 e. The maximum absolute atomic E-state index is 13.2. The fourth-order valence-corrected chi connectivity index (χ4v) is 2.73. The second kappa shape index (κ2) is 6.15. The summed E-state index contributed by atoms with van der Waals surface area (Å²) >= 11 is 0. The Morgan fingerprint density at radius 2 is 2.32 bits per heavy atom. The summed E-state index contributed by atoms with van der Waals surface area (Å²) in [6, 6.07) is 6.50. The van der Waals surface area contributed by atoms with E-state index in [2.05, 4.69) is 0 Å². The van der Waals surface area contributed by atoms with Crippen LogP contribution in [0.25, 0.3) is 0 Å². The Morgan fingerprint density at radius 3 is 2.95 bits per heavy atom. The molecule has 0 aliphatic carbocycles. The third-order valence-electron chi connectivity index (χ3n) is 3.75. The summed E-state index contributed by atoms with van der Waals surface area (Å²) < 4.78 is 13.2. The normalized spacial score (nSPS) is 23.4. The van der Waals surface area contributed by atoms with Crippen molar-refractivity contribution in [2.45, 2.75) is 38.1 Å². The molecule has 1 aliphatic rings. The molecule has 1 fully saturated rings. The zero-order valence-corrected chi connectivity index (χ0v) is 11.3. The van der Waals surface area contributed by atoms with Crippen LogP contribution in [0.1, 0.15) is 37.7 Å². The number of halogens is 1. The minimum atomic E-state index is -0.228. The maximum Gasteiger partial charge on any atom is 0.222 e. The van der Waals surface area contributed by atoms with Gasteiger partial charge in [-0.25, -0.2) is 4.39 Å². The van der Waals surface area contributed by atoms with Gasteiger partial charge in [-0.15, -0.1) is 0 Å². The van der Waals surface area contributed by atoms with Crippen molar-refractivity contribution in [2.24, 2.45) is 5.73 Å². The van der Waals surface area contributed by atoms with Crippen LogP contribution >= 0.6 is 0 Å². The highest BCUT2D eigenvalue weighted by Gasteiger charge is 2.29. The van der Waals surface area contributed by atoms with Gasteiger partial charge >= 0.3 is 0 Å². The molecule has 2 atom stereocenters. The van der Waals surface area contributed by atoms with Crippen LogP contribution in [0.2, 0.25) is 0 Å². The number of rotatable bonds is 3. The van der Waals surface area contributed by atoms with Crippen molar-refractivity contribution in [1.82, 2.24) is 4.90 Å². The lowest BCUT2D eigenvalue weighted by molar-refractivity contribution is -0.132. The molecule has 2 rings (SSSR count). The molecule has 2 unspecified atom stereocenters. The van der Waals surface area contributed by atoms with Crippen molar-refractivity contribution in [2.75, 3.05) is 13.1 Å². The Balaban J connectivity index is 2.03. The molecule has 19 heavy (non-hydrogen) atoms. The van der Waals surface area contributed by atoms with E-state index < -0.39 is 0 Å². The van der Waals surface area contributed by atoms with E-state index in [1.54, 1.807) is 12.1 Å². The molecule has 0 aromatic heterocycles. The van der Waals surface area contributed by atoms with Gasteiger partial charge in [0, 0.05) is 31.5 Å². The Bertz CT molecular complexity index is 450. The van der Waals surface area contributed by atoms with Crippen LogP contribution in [0.15, 0.2) is 24.3 Å². The third-order valence-corrected chi connectivity index (χ3v) is 3.75. The van der Waals surface area contributed by atoms with Crippen molar-refractivity contribution in [3.05, 3.63) is 35.6 Å². The van der Waals surface area contributed by atoms with Crippen molar-refractivity contribution in [3.63, 3.8) is 0 Å². The van der Waals surface area contributed by atoms with E-state index in [4.69, 9.17) is 5.73 Å². The lowest BCUT2D eigenvalue weighted by Gasteiger charge is -2.37. The predicted octanol–water partition coefficient (Wildman–Crippen LogP) is 2.27. The van der Waals surface area contributed by atoms with Crippen molar-refractivity contribution < 1.29 is 9.18 Å². The first-order valence-electron chi connectivity index (χ1n) is 6.90. The van der Waals surface area contributed by atoms with Gasteiger partial charge in [0.1, 0.15) is 5.82 Å². The number of hydrogen-bond acceptors (Lipinski definition) is 2. The van der Waals surface area contributed by atoms with Gasteiger partial charge in [-0.1, -0.05) is 19.1 Å². The molecule has 1 heterocycles. The number of carbonyl (C=O) groups is 1. The monoisotopic (exact) mass is 264 g/mol. The summed E-state index contributed by atoms with van der Waals surface area (Å²) in [7, 11) is 0. The fourth-order valence-electron chi connectivity index (χ4n) is 2.73. The molecule has 104 valence electrons. The zero-order valence-electron chi connectivity index (χ0n) is 11.3. The van der Waals surface area contributed by atoms with E-state index >= 15 is 0 Å². The van der Waals surface area contributed by atoms with Crippen LogP contribution < -0.4 is 5.73 Å². The number of amides is 1. The van der Waals surface area contributed by atoms with Gasteiger partial charge in [0.05, 0.1) is 0 Å². The van der Waals surface area contributed by atoms with E-state index in [0.29, 0.717) is 19.5 Å². The lowest BCUT2D eigenvalue weighted by atomic mass is 9.85. The standard InChI is InChI=1S/C15H21FN2O/c1-2-4-15(19)18-8-7-13(14(17)10-18)11-5-3-6-12(16)9-11/h3,5-6,9,13-14H,2,4,7-8,10,17H2,1H3. The summed E-state index contributed by atoms with van der Waals surface area (Å²) in [6.45, 7) is 3.28. The molecule has 0 spiro atoms. The fraction of sp³-hybridized carbons (Fsp3) is 0.533. The van der Waals surface area contributed by atoms with Gasteiger partial charge < -0.3 is 10.6 Å². The summed E-state index contributed by atoms with van der Waals surface area (Å²) in [5.41, 5.74) is 7.11. The van der Waals surface area contributed by atoms with Crippen molar-refractivity contribution in [3.8, 4) is 0 Å². The molecule has 0 bridgehead atoms. The van der Waals surface area contributed by atoms with Crippen LogP contribution in [0, 0.1) is 5.82 Å². The first kappa shape index (κ1) is 14.0. The van der Waals surface area contributed by atoms with Gasteiger partial charge in [0.25, 0.3) is 0 Å². The third kappa shape index (κ3) is 3.32. The number of likely N-dealkylation sites (tertiary alicyclic amines) is 1.